The van der Waals surface area contributed by atoms with Gasteiger partial charge in [-0.3, -0.25) is 4.79 Å². The Hall–Kier alpha value is -0.380. The molecule has 2 rings (SSSR count). The van der Waals surface area contributed by atoms with Gasteiger partial charge in [-0.1, -0.05) is 6.92 Å². The van der Waals surface area contributed by atoms with Crippen LogP contribution < -0.4 is 0 Å². The Labute approximate surface area is 59.3 Å². The van der Waals surface area contributed by atoms with Gasteiger partial charge in [0.1, 0.15) is 5.25 Å². The second-order valence-electron chi connectivity index (χ2n) is 3.11. The Bertz CT molecular complexity index is 290. The molecule has 10 heavy (non-hydrogen) atoms. The maximum Gasteiger partial charge on any atom is 0.160 e. The zero-order valence-corrected chi connectivity index (χ0v) is 6.39. The van der Waals surface area contributed by atoms with Gasteiger partial charge in [0.15, 0.2) is 15.6 Å². The molecule has 0 spiro atoms. The lowest BCUT2D eigenvalue weighted by Crippen LogP contribution is -2.66. The molecule has 0 amide bonds. The van der Waals surface area contributed by atoms with Gasteiger partial charge in [0.05, 0.1) is 5.75 Å². The van der Waals surface area contributed by atoms with E-state index in [1.807, 2.05) is 0 Å². The van der Waals surface area contributed by atoms with Gasteiger partial charge < -0.3 is 0 Å². The van der Waals surface area contributed by atoms with E-state index in [1.54, 1.807) is 6.92 Å². The molecule has 2 aliphatic rings. The van der Waals surface area contributed by atoms with Crippen molar-refractivity contribution < 1.29 is 13.2 Å². The van der Waals surface area contributed by atoms with Gasteiger partial charge >= 0.3 is 0 Å². The summed E-state index contributed by atoms with van der Waals surface area (Å²) in [7, 11) is -2.95. The first kappa shape index (κ1) is 6.34. The van der Waals surface area contributed by atoms with Crippen LogP contribution >= 0.6 is 0 Å². The van der Waals surface area contributed by atoms with E-state index in [9.17, 15) is 13.2 Å². The van der Waals surface area contributed by atoms with E-state index in [1.165, 1.54) is 0 Å². The lowest BCUT2D eigenvalue weighted by molar-refractivity contribution is -0.132. The van der Waals surface area contributed by atoms with E-state index in [2.05, 4.69) is 0 Å². The first-order chi connectivity index (χ1) is 4.54. The van der Waals surface area contributed by atoms with Crippen molar-refractivity contribution in [2.75, 3.05) is 5.75 Å². The van der Waals surface area contributed by atoms with Crippen molar-refractivity contribution >= 4 is 15.6 Å². The molecule has 1 aliphatic carbocycles. The van der Waals surface area contributed by atoms with Crippen LogP contribution in [0.5, 0.6) is 0 Å². The number of ketones is 1. The minimum Gasteiger partial charge on any atom is -0.298 e. The van der Waals surface area contributed by atoms with Crippen LogP contribution in [0, 0.1) is 11.8 Å². The second-order valence-corrected chi connectivity index (χ2v) is 5.27. The maximum atomic E-state index is 10.9. The van der Waals surface area contributed by atoms with Gasteiger partial charge in [-0.25, -0.2) is 8.42 Å². The van der Waals surface area contributed by atoms with Gasteiger partial charge in [-0.2, -0.15) is 0 Å². The fourth-order valence-corrected chi connectivity index (χ4v) is 4.05. The molecule has 1 aliphatic heterocycles. The molecule has 0 aromatic carbocycles. The molecule has 1 heterocycles. The molecule has 2 fully saturated rings. The summed E-state index contributed by atoms with van der Waals surface area (Å²) in [5.74, 6) is 0.340. The number of rotatable bonds is 0. The van der Waals surface area contributed by atoms with Crippen LogP contribution in [0.2, 0.25) is 0 Å². The largest absolute Gasteiger partial charge is 0.298 e. The Morgan fingerprint density at radius 2 is 2.10 bits per heavy atom. The van der Waals surface area contributed by atoms with Crippen molar-refractivity contribution in [1.82, 2.24) is 0 Å². The number of hydrogen-bond donors (Lipinski definition) is 0. The average molecular weight is 160 g/mol. The van der Waals surface area contributed by atoms with Gasteiger partial charge in [0, 0.05) is 11.8 Å². The number of fused-ring (bicyclic) bond motifs is 1. The zero-order chi connectivity index (χ0) is 7.52. The topological polar surface area (TPSA) is 51.2 Å². The summed E-state index contributed by atoms with van der Waals surface area (Å²) in [5, 5.41) is -0.595. The SMILES string of the molecule is C[C@H]1C(=O)[C@@H]2[C@H]1CS2(=O)=O. The van der Waals surface area contributed by atoms with Gasteiger partial charge in [-0.15, -0.1) is 0 Å². The highest BCUT2D eigenvalue weighted by atomic mass is 32.2. The third-order valence-corrected chi connectivity index (χ3v) is 4.78. The minimum absolute atomic E-state index is 0.00789. The van der Waals surface area contributed by atoms with E-state index in [0.717, 1.165) is 0 Å². The molecule has 0 N–H and O–H groups in total. The molecule has 3 nitrogen and oxygen atoms in total. The van der Waals surface area contributed by atoms with Crippen LogP contribution in [0.15, 0.2) is 0 Å². The third-order valence-electron chi connectivity index (χ3n) is 2.57. The fraction of sp³-hybridized carbons (Fsp3) is 0.833. The van der Waals surface area contributed by atoms with Gasteiger partial charge in [-0.05, 0) is 0 Å². The summed E-state index contributed by atoms with van der Waals surface area (Å²) >= 11 is 0. The van der Waals surface area contributed by atoms with Gasteiger partial charge in [0.25, 0.3) is 0 Å². The lowest BCUT2D eigenvalue weighted by Gasteiger charge is -2.48. The zero-order valence-electron chi connectivity index (χ0n) is 5.57. The Balaban J connectivity index is 2.31. The molecule has 0 aromatic rings. The standard InChI is InChI=1S/C6H8O3S/c1-3-4-2-10(8,9)6(4)5(3)7/h3-4,6H,2H2,1H3/t3-,4+,6+/m1/s1. The molecule has 0 unspecified atom stereocenters. The quantitative estimate of drug-likeness (QED) is 0.485. The Morgan fingerprint density at radius 3 is 2.40 bits per heavy atom. The van der Waals surface area contributed by atoms with E-state index in [4.69, 9.17) is 0 Å². The molecule has 4 heteroatoms. The minimum atomic E-state index is -2.95. The van der Waals surface area contributed by atoms with Gasteiger partial charge in [0.2, 0.25) is 0 Å². The summed E-state index contributed by atoms with van der Waals surface area (Å²) in [6, 6.07) is 0. The van der Waals surface area contributed by atoms with E-state index >= 15 is 0 Å². The molecule has 0 aromatic heterocycles. The van der Waals surface area contributed by atoms with Crippen LogP contribution in [-0.2, 0) is 14.6 Å². The summed E-state index contributed by atoms with van der Waals surface area (Å²) in [5.41, 5.74) is 0. The smallest absolute Gasteiger partial charge is 0.160 e. The molecule has 0 bridgehead atoms. The highest BCUT2D eigenvalue weighted by Crippen LogP contribution is 2.45. The van der Waals surface area contributed by atoms with E-state index in [0.29, 0.717) is 0 Å². The Morgan fingerprint density at radius 1 is 1.50 bits per heavy atom. The molecule has 1 saturated carbocycles. The number of Topliss-reactive ketones (excluding diaryl/α,β-unsaturated/α-hetero) is 1. The van der Waals surface area contributed by atoms with Crippen LogP contribution in [0.3, 0.4) is 0 Å². The second kappa shape index (κ2) is 1.44. The maximum absolute atomic E-state index is 10.9. The summed E-state index contributed by atoms with van der Waals surface area (Å²) in [4.78, 5) is 10.9. The number of hydrogen-bond acceptors (Lipinski definition) is 3. The Kier molecular flexibility index (Phi) is 0.915. The van der Waals surface area contributed by atoms with Crippen molar-refractivity contribution in [3.05, 3.63) is 0 Å². The molecular formula is C6H8O3S. The highest BCUT2D eigenvalue weighted by Gasteiger charge is 2.62. The first-order valence-corrected chi connectivity index (χ1v) is 5.01. The van der Waals surface area contributed by atoms with Crippen LogP contribution in [0.1, 0.15) is 6.92 Å². The predicted octanol–water partition coefficient (Wildman–Crippen LogP) is -0.382. The third kappa shape index (κ3) is 0.471. The summed E-state index contributed by atoms with van der Waals surface area (Å²) < 4.78 is 21.6. The van der Waals surface area contributed by atoms with Crippen molar-refractivity contribution in [1.29, 1.82) is 0 Å². The van der Waals surface area contributed by atoms with Crippen LogP contribution in [-0.4, -0.2) is 25.2 Å². The first-order valence-electron chi connectivity index (χ1n) is 3.29. The van der Waals surface area contributed by atoms with Crippen molar-refractivity contribution in [2.45, 2.75) is 12.2 Å². The van der Waals surface area contributed by atoms with E-state index in [-0.39, 0.29) is 23.4 Å². The van der Waals surface area contributed by atoms with Crippen LogP contribution in [0.25, 0.3) is 0 Å². The molecule has 56 valence electrons. The molecule has 1 saturated heterocycles. The summed E-state index contributed by atoms with van der Waals surface area (Å²) in [6.45, 7) is 1.80. The van der Waals surface area contributed by atoms with Crippen molar-refractivity contribution in [2.24, 2.45) is 11.8 Å². The van der Waals surface area contributed by atoms with Crippen molar-refractivity contribution in [3.8, 4) is 0 Å². The summed E-state index contributed by atoms with van der Waals surface area (Å²) in [6.07, 6.45) is 0. The van der Waals surface area contributed by atoms with Crippen LogP contribution in [0.4, 0.5) is 0 Å². The molecular weight excluding hydrogens is 152 g/mol. The molecule has 3 atom stereocenters. The number of carbonyl (C=O) groups is 1. The number of carbonyl (C=O) groups excluding carboxylic acids is 1. The lowest BCUT2D eigenvalue weighted by atomic mass is 9.73. The van der Waals surface area contributed by atoms with Crippen molar-refractivity contribution in [3.63, 3.8) is 0 Å². The normalized spacial score (nSPS) is 48.9. The molecule has 0 radical (unpaired) electrons. The monoisotopic (exact) mass is 160 g/mol. The predicted molar refractivity (Wildman–Crippen MR) is 35.2 cm³/mol. The highest BCUT2D eigenvalue weighted by molar-refractivity contribution is 7.94. The average Bonchev–Trinajstić information content (AvgIpc) is 1.83. The fourth-order valence-electron chi connectivity index (χ4n) is 1.75. The number of sulfone groups is 1. The van der Waals surface area contributed by atoms with E-state index < -0.39 is 15.1 Å².